The second-order valence-corrected chi connectivity index (χ2v) is 10.1. The summed E-state index contributed by atoms with van der Waals surface area (Å²) in [5.74, 6) is 1.46. The predicted octanol–water partition coefficient (Wildman–Crippen LogP) is 5.26. The lowest BCUT2D eigenvalue weighted by Crippen LogP contribution is -2.41. The molecule has 0 bridgehead atoms. The molecule has 1 aromatic heterocycles. The van der Waals surface area contributed by atoms with Crippen LogP contribution in [0.2, 0.25) is 0 Å². The van der Waals surface area contributed by atoms with E-state index < -0.39 is 5.60 Å². The van der Waals surface area contributed by atoms with Crippen molar-refractivity contribution in [2.45, 2.75) is 71.9 Å². The molecule has 1 fully saturated rings. The Morgan fingerprint density at radius 1 is 1.25 bits per heavy atom. The lowest BCUT2D eigenvalue weighted by Gasteiger charge is -2.33. The summed E-state index contributed by atoms with van der Waals surface area (Å²) in [7, 11) is 4.09. The van der Waals surface area contributed by atoms with Crippen molar-refractivity contribution in [3.63, 3.8) is 0 Å². The summed E-state index contributed by atoms with van der Waals surface area (Å²) in [6, 6.07) is 4.13. The molecule has 2 aromatic rings. The van der Waals surface area contributed by atoms with Crippen LogP contribution in [-0.2, 0) is 17.7 Å². The number of aryl methyl sites for hydroxylation is 1. The predicted molar refractivity (Wildman–Crippen MR) is 126 cm³/mol. The molecule has 0 radical (unpaired) electrons. The zero-order chi connectivity index (χ0) is 23.3. The van der Waals surface area contributed by atoms with Crippen LogP contribution in [0.1, 0.15) is 64.6 Å². The third-order valence-corrected chi connectivity index (χ3v) is 5.77. The molecular formula is C25H39N3O4. The molecule has 2 heterocycles. The van der Waals surface area contributed by atoms with Crippen LogP contribution >= 0.6 is 0 Å². The monoisotopic (exact) mass is 445 g/mol. The first-order valence-electron chi connectivity index (χ1n) is 11.8. The molecule has 1 aliphatic rings. The maximum absolute atomic E-state index is 12.3. The first-order valence-corrected chi connectivity index (χ1v) is 11.8. The lowest BCUT2D eigenvalue weighted by atomic mass is 9.91. The van der Waals surface area contributed by atoms with Gasteiger partial charge in [0.2, 0.25) is 0 Å². The number of fused-ring (bicyclic) bond motifs is 1. The van der Waals surface area contributed by atoms with Gasteiger partial charge in [0.25, 0.3) is 0 Å². The van der Waals surface area contributed by atoms with Gasteiger partial charge in [-0.25, -0.2) is 4.79 Å². The van der Waals surface area contributed by atoms with E-state index in [2.05, 4.69) is 29.1 Å². The fourth-order valence-corrected chi connectivity index (χ4v) is 4.16. The molecule has 0 N–H and O–H groups in total. The van der Waals surface area contributed by atoms with Crippen LogP contribution in [0, 0.1) is 5.92 Å². The van der Waals surface area contributed by atoms with Crippen molar-refractivity contribution in [1.82, 2.24) is 15.0 Å². The van der Waals surface area contributed by atoms with E-state index in [-0.39, 0.29) is 6.09 Å². The maximum atomic E-state index is 12.3. The smallest absolute Gasteiger partial charge is 0.410 e. The summed E-state index contributed by atoms with van der Waals surface area (Å²) in [5, 5.41) is 5.50. The number of benzene rings is 1. The molecule has 0 spiro atoms. The molecule has 32 heavy (non-hydrogen) atoms. The molecule has 3 rings (SSSR count). The van der Waals surface area contributed by atoms with Crippen molar-refractivity contribution >= 4 is 17.1 Å². The zero-order valence-electron chi connectivity index (χ0n) is 20.6. The number of ether oxygens (including phenoxy) is 2. The average molecular weight is 446 g/mol. The van der Waals surface area contributed by atoms with Crippen molar-refractivity contribution in [2.75, 3.05) is 33.8 Å². The van der Waals surface area contributed by atoms with Crippen molar-refractivity contribution in [3.8, 4) is 5.75 Å². The van der Waals surface area contributed by atoms with Gasteiger partial charge < -0.3 is 23.8 Å². The molecule has 1 amide bonds. The Kier molecular flexibility index (Phi) is 8.04. The van der Waals surface area contributed by atoms with Gasteiger partial charge in [-0.15, -0.1) is 0 Å². The van der Waals surface area contributed by atoms with Crippen molar-refractivity contribution in [3.05, 3.63) is 23.4 Å². The van der Waals surface area contributed by atoms with E-state index >= 15 is 0 Å². The van der Waals surface area contributed by atoms with E-state index in [9.17, 15) is 4.79 Å². The fourth-order valence-electron chi connectivity index (χ4n) is 4.16. The highest BCUT2D eigenvalue weighted by Crippen LogP contribution is 2.33. The van der Waals surface area contributed by atoms with Gasteiger partial charge in [0.05, 0.1) is 17.9 Å². The minimum absolute atomic E-state index is 0.201. The fraction of sp³-hybridized carbons (Fsp3) is 0.680. The van der Waals surface area contributed by atoms with E-state index in [0.29, 0.717) is 12.5 Å². The number of piperidine rings is 1. The van der Waals surface area contributed by atoms with Crippen LogP contribution in [0.5, 0.6) is 5.75 Å². The number of nitrogens with zero attached hydrogens (tertiary/aromatic N) is 3. The zero-order valence-corrected chi connectivity index (χ0v) is 20.6. The van der Waals surface area contributed by atoms with E-state index in [1.54, 1.807) is 0 Å². The molecule has 0 aliphatic carbocycles. The van der Waals surface area contributed by atoms with Crippen LogP contribution < -0.4 is 4.74 Å². The van der Waals surface area contributed by atoms with E-state index in [1.165, 1.54) is 0 Å². The van der Waals surface area contributed by atoms with Gasteiger partial charge in [0.15, 0.2) is 5.58 Å². The molecule has 0 saturated carbocycles. The number of aromatic nitrogens is 1. The van der Waals surface area contributed by atoms with Gasteiger partial charge in [0, 0.05) is 25.0 Å². The summed E-state index contributed by atoms with van der Waals surface area (Å²) in [6.45, 7) is 10.8. The molecule has 1 aliphatic heterocycles. The Morgan fingerprint density at radius 2 is 1.97 bits per heavy atom. The van der Waals surface area contributed by atoms with Crippen molar-refractivity contribution in [1.29, 1.82) is 0 Å². The average Bonchev–Trinajstić information content (AvgIpc) is 3.14. The van der Waals surface area contributed by atoms with Crippen LogP contribution in [0.4, 0.5) is 4.79 Å². The minimum Gasteiger partial charge on any atom is -0.493 e. The molecule has 7 heteroatoms. The molecule has 1 saturated heterocycles. The summed E-state index contributed by atoms with van der Waals surface area (Å²) in [5.41, 5.74) is 2.46. The summed E-state index contributed by atoms with van der Waals surface area (Å²) in [4.78, 5) is 16.2. The summed E-state index contributed by atoms with van der Waals surface area (Å²) >= 11 is 0. The van der Waals surface area contributed by atoms with Crippen LogP contribution in [-0.4, -0.2) is 60.4 Å². The van der Waals surface area contributed by atoms with Gasteiger partial charge in [-0.1, -0.05) is 12.1 Å². The topological polar surface area (TPSA) is 68.0 Å². The third-order valence-electron chi connectivity index (χ3n) is 5.77. The quantitative estimate of drug-likeness (QED) is 0.552. The second kappa shape index (κ2) is 10.6. The molecule has 178 valence electrons. The molecule has 7 nitrogen and oxygen atoms in total. The number of carbonyl (C=O) groups excluding carboxylic acids is 1. The number of likely N-dealkylation sites (tertiary alicyclic amines) is 1. The Labute approximate surface area is 192 Å². The second-order valence-electron chi connectivity index (χ2n) is 10.1. The SMILES string of the molecule is CCCOc1ccc2c(CCC3CCN(C(=O)OC(C)(C)C)CC3)noc2c1CN(C)C. The van der Waals surface area contributed by atoms with E-state index in [1.807, 2.05) is 39.8 Å². The van der Waals surface area contributed by atoms with Gasteiger partial charge in [-0.05, 0) is 85.0 Å². The van der Waals surface area contributed by atoms with E-state index in [0.717, 1.165) is 79.7 Å². The van der Waals surface area contributed by atoms with Crippen LogP contribution in [0.3, 0.4) is 0 Å². The molecule has 0 unspecified atom stereocenters. The largest absolute Gasteiger partial charge is 0.493 e. The van der Waals surface area contributed by atoms with Crippen LogP contribution in [0.15, 0.2) is 16.7 Å². The number of hydrogen-bond donors (Lipinski definition) is 0. The highest BCUT2D eigenvalue weighted by molar-refractivity contribution is 5.84. The molecule has 0 atom stereocenters. The molecular weight excluding hydrogens is 406 g/mol. The van der Waals surface area contributed by atoms with Crippen molar-refractivity contribution in [2.24, 2.45) is 5.92 Å². The first kappa shape index (κ1) is 24.4. The number of carbonyl (C=O) groups is 1. The first-order chi connectivity index (χ1) is 15.2. The van der Waals surface area contributed by atoms with Crippen molar-refractivity contribution < 1.29 is 18.8 Å². The Bertz CT molecular complexity index is 892. The summed E-state index contributed by atoms with van der Waals surface area (Å²) < 4.78 is 17.3. The lowest BCUT2D eigenvalue weighted by molar-refractivity contribution is 0.0181. The Balaban J connectivity index is 1.62. The van der Waals surface area contributed by atoms with Gasteiger partial charge in [0.1, 0.15) is 11.4 Å². The standard InChI is InChI=1S/C25H39N3O4/c1-7-16-30-22-11-9-19-21(26-32-23(19)20(22)17-27(5)6)10-8-18-12-14-28(15-13-18)24(29)31-25(2,3)4/h9,11,18H,7-8,10,12-17H2,1-6H3. The Hall–Kier alpha value is -2.28. The number of rotatable bonds is 8. The Morgan fingerprint density at radius 3 is 2.59 bits per heavy atom. The number of amides is 1. The minimum atomic E-state index is -0.450. The van der Waals surface area contributed by atoms with Crippen LogP contribution in [0.25, 0.3) is 11.0 Å². The van der Waals surface area contributed by atoms with E-state index in [4.69, 9.17) is 14.0 Å². The highest BCUT2D eigenvalue weighted by Gasteiger charge is 2.27. The third kappa shape index (κ3) is 6.37. The van der Waals surface area contributed by atoms with Gasteiger partial charge in [-0.2, -0.15) is 0 Å². The van der Waals surface area contributed by atoms with Gasteiger partial charge in [-0.3, -0.25) is 0 Å². The van der Waals surface area contributed by atoms with Gasteiger partial charge >= 0.3 is 6.09 Å². The normalized spacial score (nSPS) is 15.5. The highest BCUT2D eigenvalue weighted by atomic mass is 16.6. The summed E-state index contributed by atoms with van der Waals surface area (Å²) in [6.07, 6.45) is 4.68. The number of hydrogen-bond acceptors (Lipinski definition) is 6. The maximum Gasteiger partial charge on any atom is 0.410 e. The molecule has 1 aromatic carbocycles.